The van der Waals surface area contributed by atoms with Crippen LogP contribution in [0.2, 0.25) is 0 Å². The first kappa shape index (κ1) is 12.8. The molecule has 4 nitrogen and oxygen atoms in total. The fourth-order valence-electron chi connectivity index (χ4n) is 1.61. The molecule has 0 heterocycles. The maximum atomic E-state index is 13.7. The molecule has 1 saturated carbocycles. The summed E-state index contributed by atoms with van der Waals surface area (Å²) in [4.78, 5) is 11.1. The van der Waals surface area contributed by atoms with Crippen molar-refractivity contribution in [2.45, 2.75) is 25.4 Å². The number of hydrogen-bond donors (Lipinski definition) is 2. The first-order valence-corrected chi connectivity index (χ1v) is 6.05. The first-order chi connectivity index (χ1) is 8.70. The van der Waals surface area contributed by atoms with Gasteiger partial charge in [0, 0.05) is 25.2 Å². The molecule has 0 atom stereocenters. The van der Waals surface area contributed by atoms with Crippen LogP contribution in [0.25, 0.3) is 0 Å². The predicted molar refractivity (Wildman–Crippen MR) is 65.8 cm³/mol. The number of rotatable bonds is 6. The fourth-order valence-corrected chi connectivity index (χ4v) is 1.61. The van der Waals surface area contributed by atoms with Crippen LogP contribution >= 0.6 is 0 Å². The lowest BCUT2D eigenvalue weighted by Crippen LogP contribution is -2.25. The number of halogens is 1. The normalized spacial score (nSPS) is 14.3. The number of ether oxygens (including phenoxy) is 1. The Hall–Kier alpha value is -1.62. The van der Waals surface area contributed by atoms with Gasteiger partial charge in [-0.3, -0.25) is 4.79 Å². The van der Waals surface area contributed by atoms with Crippen molar-refractivity contribution in [3.8, 4) is 5.75 Å². The Morgan fingerprint density at radius 3 is 2.94 bits per heavy atom. The topological polar surface area (TPSA) is 50.4 Å². The minimum Gasteiger partial charge on any atom is -0.480 e. The summed E-state index contributed by atoms with van der Waals surface area (Å²) in [7, 11) is 1.52. The van der Waals surface area contributed by atoms with Crippen LogP contribution in [-0.4, -0.2) is 25.6 Å². The zero-order chi connectivity index (χ0) is 13.0. The molecule has 0 aliphatic heterocycles. The van der Waals surface area contributed by atoms with Gasteiger partial charge < -0.3 is 15.4 Å². The fraction of sp³-hybridized carbons (Fsp3) is 0.462. The lowest BCUT2D eigenvalue weighted by atomic mass is 10.2. The van der Waals surface area contributed by atoms with Crippen LogP contribution in [0.4, 0.5) is 4.39 Å². The Labute approximate surface area is 106 Å². The molecule has 1 amide bonds. The van der Waals surface area contributed by atoms with Crippen LogP contribution in [-0.2, 0) is 11.3 Å². The highest BCUT2D eigenvalue weighted by molar-refractivity contribution is 5.77. The van der Waals surface area contributed by atoms with E-state index in [1.807, 2.05) is 0 Å². The zero-order valence-corrected chi connectivity index (χ0v) is 10.3. The summed E-state index contributed by atoms with van der Waals surface area (Å²) in [5.74, 6) is -0.553. The molecule has 5 heteroatoms. The Bertz CT molecular complexity index is 433. The number of hydrogen-bond acceptors (Lipinski definition) is 3. The van der Waals surface area contributed by atoms with E-state index in [-0.39, 0.29) is 18.3 Å². The van der Waals surface area contributed by atoms with E-state index in [0.717, 1.165) is 5.56 Å². The van der Waals surface area contributed by atoms with Crippen LogP contribution in [0, 0.1) is 5.82 Å². The molecule has 1 fully saturated rings. The number of benzene rings is 1. The quantitative estimate of drug-likeness (QED) is 0.800. The monoisotopic (exact) mass is 252 g/mol. The number of nitrogens with one attached hydrogen (secondary N) is 2. The summed E-state index contributed by atoms with van der Waals surface area (Å²) in [6.07, 6.45) is 2.34. The van der Waals surface area contributed by atoms with Crippen molar-refractivity contribution in [2.24, 2.45) is 0 Å². The molecule has 0 unspecified atom stereocenters. The number of likely N-dealkylation sites (N-methyl/N-ethyl adjacent to an activating group) is 1. The molecule has 0 aromatic heterocycles. The van der Waals surface area contributed by atoms with Crippen LogP contribution < -0.4 is 15.4 Å². The SMILES string of the molecule is CNC(=O)COc1c(F)cccc1CNC1CC1. The first-order valence-electron chi connectivity index (χ1n) is 6.05. The second-order valence-electron chi connectivity index (χ2n) is 4.35. The van der Waals surface area contributed by atoms with Gasteiger partial charge in [-0.1, -0.05) is 12.1 Å². The van der Waals surface area contributed by atoms with Crippen molar-refractivity contribution >= 4 is 5.91 Å². The molecule has 98 valence electrons. The van der Waals surface area contributed by atoms with E-state index in [4.69, 9.17) is 4.74 Å². The summed E-state index contributed by atoms with van der Waals surface area (Å²) in [6.45, 7) is 0.388. The number of amides is 1. The van der Waals surface area contributed by atoms with E-state index < -0.39 is 5.82 Å². The van der Waals surface area contributed by atoms with Crippen LogP contribution in [0.5, 0.6) is 5.75 Å². The number of carbonyl (C=O) groups excluding carboxylic acids is 1. The zero-order valence-electron chi connectivity index (χ0n) is 10.3. The van der Waals surface area contributed by atoms with Crippen LogP contribution in [0.1, 0.15) is 18.4 Å². The smallest absolute Gasteiger partial charge is 0.257 e. The lowest BCUT2D eigenvalue weighted by Gasteiger charge is -2.12. The molecule has 1 aromatic carbocycles. The van der Waals surface area contributed by atoms with Gasteiger partial charge in [0.15, 0.2) is 18.2 Å². The molecule has 0 saturated heterocycles. The minimum absolute atomic E-state index is 0.161. The summed E-state index contributed by atoms with van der Waals surface area (Å²) in [6, 6.07) is 5.32. The molecule has 0 bridgehead atoms. The predicted octanol–water partition coefficient (Wildman–Crippen LogP) is 1.20. The Kier molecular flexibility index (Phi) is 4.15. The van der Waals surface area contributed by atoms with Crippen molar-refractivity contribution in [3.63, 3.8) is 0 Å². The van der Waals surface area contributed by atoms with Gasteiger partial charge in [0.05, 0.1) is 0 Å². The number of carbonyl (C=O) groups is 1. The lowest BCUT2D eigenvalue weighted by molar-refractivity contribution is -0.122. The summed E-state index contributed by atoms with van der Waals surface area (Å²) < 4.78 is 18.9. The van der Waals surface area contributed by atoms with Crippen molar-refractivity contribution in [3.05, 3.63) is 29.6 Å². The molecular weight excluding hydrogens is 235 g/mol. The van der Waals surface area contributed by atoms with Gasteiger partial charge in [0.2, 0.25) is 0 Å². The van der Waals surface area contributed by atoms with Gasteiger partial charge in [-0.25, -0.2) is 4.39 Å². The van der Waals surface area contributed by atoms with Crippen LogP contribution in [0.3, 0.4) is 0 Å². The molecular formula is C13H17FN2O2. The van der Waals surface area contributed by atoms with Gasteiger partial charge in [0.25, 0.3) is 5.91 Å². The van der Waals surface area contributed by atoms with E-state index in [1.54, 1.807) is 12.1 Å². The molecule has 18 heavy (non-hydrogen) atoms. The highest BCUT2D eigenvalue weighted by Gasteiger charge is 2.21. The van der Waals surface area contributed by atoms with E-state index in [2.05, 4.69) is 10.6 Å². The molecule has 1 aliphatic rings. The molecule has 2 N–H and O–H groups in total. The molecule has 1 aliphatic carbocycles. The van der Waals surface area contributed by atoms with E-state index in [0.29, 0.717) is 12.6 Å². The third-order valence-electron chi connectivity index (χ3n) is 2.83. The maximum Gasteiger partial charge on any atom is 0.257 e. The number of para-hydroxylation sites is 1. The molecule has 1 aromatic rings. The third-order valence-corrected chi connectivity index (χ3v) is 2.83. The van der Waals surface area contributed by atoms with E-state index in [1.165, 1.54) is 26.0 Å². The third kappa shape index (κ3) is 3.43. The second kappa shape index (κ2) is 5.82. The Morgan fingerprint density at radius 2 is 2.28 bits per heavy atom. The van der Waals surface area contributed by atoms with Crippen molar-refractivity contribution in [1.29, 1.82) is 0 Å². The maximum absolute atomic E-state index is 13.7. The standard InChI is InChI=1S/C13H17FN2O2/c1-15-12(17)8-18-13-9(3-2-4-11(13)14)7-16-10-5-6-10/h2-4,10,16H,5-8H2,1H3,(H,15,17). The Morgan fingerprint density at radius 1 is 1.50 bits per heavy atom. The van der Waals surface area contributed by atoms with Crippen molar-refractivity contribution in [1.82, 2.24) is 10.6 Å². The summed E-state index contributed by atoms with van der Waals surface area (Å²) in [5, 5.41) is 5.73. The van der Waals surface area contributed by atoms with Gasteiger partial charge in [-0.15, -0.1) is 0 Å². The van der Waals surface area contributed by atoms with Gasteiger partial charge in [0.1, 0.15) is 0 Å². The van der Waals surface area contributed by atoms with Gasteiger partial charge in [-0.2, -0.15) is 0 Å². The highest BCUT2D eigenvalue weighted by Crippen LogP contribution is 2.25. The average Bonchev–Trinajstić information content (AvgIpc) is 3.18. The molecule has 0 radical (unpaired) electrons. The molecule has 0 spiro atoms. The minimum atomic E-state index is -0.436. The second-order valence-corrected chi connectivity index (χ2v) is 4.35. The summed E-state index contributed by atoms with van der Waals surface area (Å²) >= 11 is 0. The molecule has 2 rings (SSSR count). The van der Waals surface area contributed by atoms with Gasteiger partial charge >= 0.3 is 0 Å². The Balaban J connectivity index is 2.02. The van der Waals surface area contributed by atoms with E-state index in [9.17, 15) is 9.18 Å². The largest absolute Gasteiger partial charge is 0.480 e. The van der Waals surface area contributed by atoms with Gasteiger partial charge in [-0.05, 0) is 18.9 Å². The van der Waals surface area contributed by atoms with E-state index >= 15 is 0 Å². The highest BCUT2D eigenvalue weighted by atomic mass is 19.1. The average molecular weight is 252 g/mol. The summed E-state index contributed by atoms with van der Waals surface area (Å²) in [5.41, 5.74) is 0.741. The van der Waals surface area contributed by atoms with Crippen molar-refractivity contribution in [2.75, 3.05) is 13.7 Å². The van der Waals surface area contributed by atoms with Crippen molar-refractivity contribution < 1.29 is 13.9 Å². The van der Waals surface area contributed by atoms with Crippen LogP contribution in [0.15, 0.2) is 18.2 Å².